The van der Waals surface area contributed by atoms with Crippen LogP contribution in [-0.2, 0) is 16.6 Å². The van der Waals surface area contributed by atoms with Crippen molar-refractivity contribution in [2.75, 3.05) is 19.3 Å². The highest BCUT2D eigenvalue weighted by molar-refractivity contribution is 7.88. The molecule has 0 N–H and O–H groups in total. The predicted molar refractivity (Wildman–Crippen MR) is 89.0 cm³/mol. The van der Waals surface area contributed by atoms with Crippen LogP contribution in [0.2, 0.25) is 0 Å². The van der Waals surface area contributed by atoms with Crippen LogP contribution in [0.1, 0.15) is 38.8 Å². The molecular formula is C16H27N3O2S. The van der Waals surface area contributed by atoms with Gasteiger partial charge in [-0.3, -0.25) is 9.88 Å². The maximum Gasteiger partial charge on any atom is 0.211 e. The Labute approximate surface area is 134 Å². The fourth-order valence-corrected chi connectivity index (χ4v) is 3.93. The summed E-state index contributed by atoms with van der Waals surface area (Å²) < 4.78 is 25.9. The van der Waals surface area contributed by atoms with Crippen molar-refractivity contribution in [3.63, 3.8) is 0 Å². The molecule has 0 aliphatic carbocycles. The molecule has 0 unspecified atom stereocenters. The van der Waals surface area contributed by atoms with E-state index in [2.05, 4.69) is 23.7 Å². The Hall–Kier alpha value is -0.980. The molecule has 1 aromatic heterocycles. The van der Waals surface area contributed by atoms with Gasteiger partial charge in [-0.1, -0.05) is 12.5 Å². The number of pyridine rings is 1. The summed E-state index contributed by atoms with van der Waals surface area (Å²) in [5.74, 6) is 0. The number of nitrogens with zero attached hydrogens (tertiary/aromatic N) is 3. The predicted octanol–water partition coefficient (Wildman–Crippen LogP) is 2.11. The molecule has 0 radical (unpaired) electrons. The summed E-state index contributed by atoms with van der Waals surface area (Å²) in [6, 6.07) is 6.35. The molecule has 0 bridgehead atoms. The molecule has 1 aromatic rings. The lowest BCUT2D eigenvalue weighted by molar-refractivity contribution is 0.0952. The van der Waals surface area contributed by atoms with Crippen molar-refractivity contribution in [3.05, 3.63) is 30.1 Å². The van der Waals surface area contributed by atoms with E-state index in [1.54, 1.807) is 10.5 Å². The maximum absolute atomic E-state index is 12.2. The Bertz CT molecular complexity index is 560. The standard InChI is InChI=1S/C16H27N3O2S/c1-14(2)19-11-7-5-9-16(19)13-18(22(3,20)21)12-15-8-4-6-10-17-15/h4,6,8,10,14,16H,5,7,9,11-13H2,1-3H3/t16-/m0/s1. The van der Waals surface area contributed by atoms with Crippen LogP contribution >= 0.6 is 0 Å². The van der Waals surface area contributed by atoms with E-state index in [-0.39, 0.29) is 0 Å². The molecule has 0 amide bonds. The molecule has 2 heterocycles. The molecule has 0 spiro atoms. The number of sulfonamides is 1. The molecule has 1 atom stereocenters. The highest BCUT2D eigenvalue weighted by atomic mass is 32.2. The Morgan fingerprint density at radius 1 is 1.36 bits per heavy atom. The van der Waals surface area contributed by atoms with Crippen molar-refractivity contribution >= 4 is 10.0 Å². The summed E-state index contributed by atoms with van der Waals surface area (Å²) >= 11 is 0. The van der Waals surface area contributed by atoms with E-state index in [0.29, 0.717) is 25.2 Å². The minimum absolute atomic E-state index is 0.298. The summed E-state index contributed by atoms with van der Waals surface area (Å²) in [4.78, 5) is 6.69. The fourth-order valence-electron chi connectivity index (χ4n) is 3.12. The van der Waals surface area contributed by atoms with Crippen LogP contribution in [0, 0.1) is 0 Å². The molecule has 22 heavy (non-hydrogen) atoms. The summed E-state index contributed by atoms with van der Waals surface area (Å²) in [7, 11) is -3.24. The van der Waals surface area contributed by atoms with Crippen LogP contribution in [0.15, 0.2) is 24.4 Å². The third-order valence-electron chi connectivity index (χ3n) is 4.28. The summed E-state index contributed by atoms with van der Waals surface area (Å²) in [6.07, 6.45) is 6.44. The smallest absolute Gasteiger partial charge is 0.211 e. The molecule has 124 valence electrons. The maximum atomic E-state index is 12.2. The summed E-state index contributed by atoms with van der Waals surface area (Å²) in [6.45, 7) is 6.32. The molecule has 1 fully saturated rings. The number of likely N-dealkylation sites (tertiary alicyclic amines) is 1. The van der Waals surface area contributed by atoms with Gasteiger partial charge in [0.1, 0.15) is 0 Å². The highest BCUT2D eigenvalue weighted by Crippen LogP contribution is 2.22. The lowest BCUT2D eigenvalue weighted by atomic mass is 10.0. The molecule has 2 rings (SSSR count). The Balaban J connectivity index is 2.12. The Morgan fingerprint density at radius 2 is 2.14 bits per heavy atom. The second-order valence-corrected chi connectivity index (χ2v) is 8.34. The van der Waals surface area contributed by atoms with Crippen LogP contribution in [0.4, 0.5) is 0 Å². The van der Waals surface area contributed by atoms with Crippen molar-refractivity contribution in [1.29, 1.82) is 0 Å². The van der Waals surface area contributed by atoms with Gasteiger partial charge in [0, 0.05) is 24.8 Å². The average molecular weight is 325 g/mol. The minimum Gasteiger partial charge on any atom is -0.297 e. The van der Waals surface area contributed by atoms with E-state index in [9.17, 15) is 8.42 Å². The SMILES string of the molecule is CC(C)N1CCCC[C@H]1CN(Cc1ccccn1)S(C)(=O)=O. The van der Waals surface area contributed by atoms with Gasteiger partial charge in [0.2, 0.25) is 10.0 Å². The molecule has 1 aliphatic rings. The van der Waals surface area contributed by atoms with E-state index in [0.717, 1.165) is 18.7 Å². The first kappa shape index (κ1) is 17.4. The number of piperidine rings is 1. The normalized spacial score (nSPS) is 20.7. The lowest BCUT2D eigenvalue weighted by Crippen LogP contribution is -2.50. The van der Waals surface area contributed by atoms with Gasteiger partial charge in [-0.05, 0) is 45.4 Å². The zero-order valence-electron chi connectivity index (χ0n) is 13.8. The van der Waals surface area contributed by atoms with Crippen molar-refractivity contribution in [2.24, 2.45) is 0 Å². The molecule has 1 saturated heterocycles. The molecular weight excluding hydrogens is 298 g/mol. The third kappa shape index (κ3) is 4.76. The van der Waals surface area contributed by atoms with Crippen molar-refractivity contribution in [1.82, 2.24) is 14.2 Å². The molecule has 0 saturated carbocycles. The van der Waals surface area contributed by atoms with Gasteiger partial charge in [-0.15, -0.1) is 0 Å². The fraction of sp³-hybridized carbons (Fsp3) is 0.688. The van der Waals surface area contributed by atoms with Crippen LogP contribution in [0.3, 0.4) is 0 Å². The van der Waals surface area contributed by atoms with E-state index in [1.165, 1.54) is 19.1 Å². The topological polar surface area (TPSA) is 53.5 Å². The van der Waals surface area contributed by atoms with E-state index >= 15 is 0 Å². The van der Waals surface area contributed by atoms with Gasteiger partial charge in [-0.2, -0.15) is 4.31 Å². The van der Waals surface area contributed by atoms with Crippen molar-refractivity contribution < 1.29 is 8.42 Å². The lowest BCUT2D eigenvalue weighted by Gasteiger charge is -2.40. The Morgan fingerprint density at radius 3 is 2.73 bits per heavy atom. The first-order valence-corrected chi connectivity index (χ1v) is 9.83. The summed E-state index contributed by atoms with van der Waals surface area (Å²) in [5.41, 5.74) is 0.792. The monoisotopic (exact) mass is 325 g/mol. The van der Waals surface area contributed by atoms with Gasteiger partial charge in [0.05, 0.1) is 18.5 Å². The number of hydrogen-bond acceptors (Lipinski definition) is 4. The molecule has 1 aliphatic heterocycles. The number of hydrogen-bond donors (Lipinski definition) is 0. The minimum atomic E-state index is -3.24. The van der Waals surface area contributed by atoms with Crippen LogP contribution in [-0.4, -0.2) is 54.0 Å². The highest BCUT2D eigenvalue weighted by Gasteiger charge is 2.29. The third-order valence-corrected chi connectivity index (χ3v) is 5.50. The summed E-state index contributed by atoms with van der Waals surface area (Å²) in [5, 5.41) is 0. The van der Waals surface area contributed by atoms with Gasteiger partial charge < -0.3 is 0 Å². The zero-order chi connectivity index (χ0) is 16.2. The van der Waals surface area contributed by atoms with Crippen molar-refractivity contribution in [2.45, 2.75) is 51.7 Å². The van der Waals surface area contributed by atoms with E-state index < -0.39 is 10.0 Å². The van der Waals surface area contributed by atoms with Gasteiger partial charge in [-0.25, -0.2) is 8.42 Å². The Kier molecular flexibility index (Phi) is 5.94. The van der Waals surface area contributed by atoms with Crippen LogP contribution in [0.5, 0.6) is 0 Å². The van der Waals surface area contributed by atoms with Crippen molar-refractivity contribution in [3.8, 4) is 0 Å². The quantitative estimate of drug-likeness (QED) is 0.804. The van der Waals surface area contributed by atoms with Crippen LogP contribution in [0.25, 0.3) is 0 Å². The van der Waals surface area contributed by atoms with E-state index in [4.69, 9.17) is 0 Å². The van der Waals surface area contributed by atoms with Crippen LogP contribution < -0.4 is 0 Å². The molecule has 6 heteroatoms. The number of rotatable bonds is 6. The first-order valence-electron chi connectivity index (χ1n) is 7.98. The van der Waals surface area contributed by atoms with Gasteiger partial charge in [0.25, 0.3) is 0 Å². The van der Waals surface area contributed by atoms with E-state index in [1.807, 2.05) is 18.2 Å². The molecule has 0 aromatic carbocycles. The second-order valence-electron chi connectivity index (χ2n) is 6.36. The van der Waals surface area contributed by atoms with Gasteiger partial charge in [0.15, 0.2) is 0 Å². The zero-order valence-corrected chi connectivity index (χ0v) is 14.6. The average Bonchev–Trinajstić information content (AvgIpc) is 2.47. The second kappa shape index (κ2) is 7.53. The van der Waals surface area contributed by atoms with Gasteiger partial charge >= 0.3 is 0 Å². The number of aromatic nitrogens is 1. The largest absolute Gasteiger partial charge is 0.297 e. The first-order chi connectivity index (χ1) is 10.4. The molecule has 5 nitrogen and oxygen atoms in total.